The number of hydrogen-bond acceptors (Lipinski definition) is 4. The fourth-order valence-corrected chi connectivity index (χ4v) is 3.93. The lowest BCUT2D eigenvalue weighted by molar-refractivity contribution is -0.142. The maximum atomic E-state index is 13.7. The zero-order valence-electron chi connectivity index (χ0n) is 23.1. The summed E-state index contributed by atoms with van der Waals surface area (Å²) in [5.74, 6) is -0.515. The Kier molecular flexibility index (Phi) is 12.8. The van der Waals surface area contributed by atoms with Gasteiger partial charge in [0.1, 0.15) is 17.7 Å². The molecule has 1 aromatic carbocycles. The van der Waals surface area contributed by atoms with E-state index in [1.807, 2.05) is 31.2 Å². The van der Waals surface area contributed by atoms with Crippen molar-refractivity contribution in [3.8, 4) is 0 Å². The van der Waals surface area contributed by atoms with Gasteiger partial charge in [-0.05, 0) is 65.0 Å². The minimum atomic E-state index is -0.843. The number of alkyl carbamates (subject to hydrolysis) is 1. The van der Waals surface area contributed by atoms with Crippen molar-refractivity contribution in [2.45, 2.75) is 118 Å². The highest BCUT2D eigenvalue weighted by atomic mass is 16.6. The van der Waals surface area contributed by atoms with Crippen molar-refractivity contribution in [1.82, 2.24) is 15.5 Å². The van der Waals surface area contributed by atoms with Crippen LogP contribution in [0.25, 0.3) is 0 Å². The molecular formula is C28H47N3O4. The van der Waals surface area contributed by atoms with Crippen LogP contribution >= 0.6 is 0 Å². The minimum Gasteiger partial charge on any atom is -0.444 e. The number of carbonyl (C=O) groups is 3. The normalized spacial score (nSPS) is 13.9. The Labute approximate surface area is 212 Å². The summed E-state index contributed by atoms with van der Waals surface area (Å²) in [7, 11) is 0. The van der Waals surface area contributed by atoms with E-state index in [1.165, 1.54) is 0 Å². The lowest BCUT2D eigenvalue weighted by atomic mass is 9.99. The summed E-state index contributed by atoms with van der Waals surface area (Å²) in [6.07, 6.45) is 4.73. The van der Waals surface area contributed by atoms with E-state index in [2.05, 4.69) is 31.4 Å². The molecule has 7 heteroatoms. The second-order valence-electron chi connectivity index (χ2n) is 10.3. The predicted octanol–water partition coefficient (Wildman–Crippen LogP) is 5.53. The third-order valence-corrected chi connectivity index (χ3v) is 5.76. The fraction of sp³-hybridized carbons (Fsp3) is 0.679. The number of nitrogens with zero attached hydrogens (tertiary/aromatic N) is 1. The Balaban J connectivity index is 3.32. The lowest BCUT2D eigenvalue weighted by Crippen LogP contribution is -2.52. The van der Waals surface area contributed by atoms with E-state index in [0.29, 0.717) is 6.54 Å². The van der Waals surface area contributed by atoms with Crippen molar-refractivity contribution >= 4 is 17.9 Å². The molecule has 1 aromatic rings. The SMILES string of the molecule is CCCCCN(C(=O)C(C)NC(=O)OC(C)(C)C)C(C(=O)NC(C)CCC)c1ccc(CC)cc1. The van der Waals surface area contributed by atoms with Gasteiger partial charge in [0.05, 0.1) is 0 Å². The van der Waals surface area contributed by atoms with Gasteiger partial charge in [-0.2, -0.15) is 0 Å². The van der Waals surface area contributed by atoms with Crippen LogP contribution in [0.4, 0.5) is 4.79 Å². The quantitative estimate of drug-likeness (QED) is 0.357. The first-order chi connectivity index (χ1) is 16.4. The van der Waals surface area contributed by atoms with E-state index in [4.69, 9.17) is 4.74 Å². The van der Waals surface area contributed by atoms with Gasteiger partial charge in [-0.3, -0.25) is 9.59 Å². The number of rotatable bonds is 13. The number of carbonyl (C=O) groups excluding carboxylic acids is 3. The molecule has 0 aliphatic heterocycles. The molecule has 0 fully saturated rings. The summed E-state index contributed by atoms with van der Waals surface area (Å²) in [5.41, 5.74) is 1.25. The van der Waals surface area contributed by atoms with Crippen LogP contribution in [0.5, 0.6) is 0 Å². The highest BCUT2D eigenvalue weighted by Gasteiger charge is 2.34. The van der Waals surface area contributed by atoms with Crippen molar-refractivity contribution in [1.29, 1.82) is 0 Å². The van der Waals surface area contributed by atoms with Crippen LogP contribution in [0.2, 0.25) is 0 Å². The van der Waals surface area contributed by atoms with Gasteiger partial charge in [0.15, 0.2) is 0 Å². The third-order valence-electron chi connectivity index (χ3n) is 5.76. The van der Waals surface area contributed by atoms with Gasteiger partial charge in [-0.15, -0.1) is 0 Å². The van der Waals surface area contributed by atoms with Crippen LogP contribution in [0, 0.1) is 0 Å². The molecule has 0 saturated carbocycles. The molecule has 35 heavy (non-hydrogen) atoms. The molecule has 7 nitrogen and oxygen atoms in total. The van der Waals surface area contributed by atoms with E-state index in [0.717, 1.165) is 49.7 Å². The molecule has 0 aromatic heterocycles. The molecule has 2 N–H and O–H groups in total. The number of benzene rings is 1. The highest BCUT2D eigenvalue weighted by Crippen LogP contribution is 2.24. The van der Waals surface area contributed by atoms with E-state index >= 15 is 0 Å². The molecular weight excluding hydrogens is 442 g/mol. The first kappa shape index (κ1) is 30.5. The molecule has 0 bridgehead atoms. The maximum Gasteiger partial charge on any atom is 0.408 e. The van der Waals surface area contributed by atoms with Crippen LogP contribution in [0.15, 0.2) is 24.3 Å². The number of aryl methyl sites for hydroxylation is 1. The summed E-state index contributed by atoms with van der Waals surface area (Å²) < 4.78 is 5.33. The number of unbranched alkanes of at least 4 members (excludes halogenated alkanes) is 2. The summed E-state index contributed by atoms with van der Waals surface area (Å²) in [6, 6.07) is 6.23. The van der Waals surface area contributed by atoms with E-state index in [9.17, 15) is 14.4 Å². The number of nitrogens with one attached hydrogen (secondary N) is 2. The fourth-order valence-electron chi connectivity index (χ4n) is 3.93. The molecule has 198 valence electrons. The molecule has 3 amide bonds. The molecule has 0 spiro atoms. The first-order valence-electron chi connectivity index (χ1n) is 13.1. The minimum absolute atomic E-state index is 0.00480. The van der Waals surface area contributed by atoms with E-state index < -0.39 is 23.8 Å². The molecule has 0 radical (unpaired) electrons. The monoisotopic (exact) mass is 489 g/mol. The maximum absolute atomic E-state index is 13.7. The summed E-state index contributed by atoms with van der Waals surface area (Å²) in [4.78, 5) is 41.2. The molecule has 1 rings (SSSR count). The third kappa shape index (κ3) is 10.7. The first-order valence-corrected chi connectivity index (χ1v) is 13.1. The van der Waals surface area contributed by atoms with Crippen molar-refractivity contribution in [2.75, 3.05) is 6.54 Å². The van der Waals surface area contributed by atoms with Gasteiger partial charge in [0.25, 0.3) is 0 Å². The van der Waals surface area contributed by atoms with E-state index in [1.54, 1.807) is 32.6 Å². The zero-order chi connectivity index (χ0) is 26.6. The molecule has 0 aliphatic carbocycles. The van der Waals surface area contributed by atoms with Crippen molar-refractivity contribution in [3.05, 3.63) is 35.4 Å². The summed E-state index contributed by atoms with van der Waals surface area (Å²) >= 11 is 0. The second kappa shape index (κ2) is 14.7. The molecule has 0 heterocycles. The summed E-state index contributed by atoms with van der Waals surface area (Å²) in [5, 5.41) is 5.75. The van der Waals surface area contributed by atoms with Crippen LogP contribution in [0.3, 0.4) is 0 Å². The largest absolute Gasteiger partial charge is 0.444 e. The van der Waals surface area contributed by atoms with E-state index in [-0.39, 0.29) is 17.9 Å². The van der Waals surface area contributed by atoms with Crippen molar-refractivity contribution < 1.29 is 19.1 Å². The van der Waals surface area contributed by atoms with Crippen LogP contribution < -0.4 is 10.6 Å². The van der Waals surface area contributed by atoms with Crippen LogP contribution in [0.1, 0.15) is 105 Å². The Morgan fingerprint density at radius 1 is 0.943 bits per heavy atom. The lowest BCUT2D eigenvalue weighted by Gasteiger charge is -2.34. The van der Waals surface area contributed by atoms with Crippen molar-refractivity contribution in [2.24, 2.45) is 0 Å². The standard InChI is InChI=1S/C28H47N3O4/c1-9-12-13-19-31(26(33)21(5)30-27(34)35-28(6,7)8)24(25(32)29-20(4)14-10-2)23-17-15-22(11-3)16-18-23/h15-18,20-21,24H,9-14,19H2,1-8H3,(H,29,32)(H,30,34). The van der Waals surface area contributed by atoms with Gasteiger partial charge < -0.3 is 20.3 Å². The Morgan fingerprint density at radius 3 is 2.09 bits per heavy atom. The highest BCUT2D eigenvalue weighted by molar-refractivity contribution is 5.92. The number of amides is 3. The van der Waals surface area contributed by atoms with Gasteiger partial charge in [0, 0.05) is 12.6 Å². The van der Waals surface area contributed by atoms with Gasteiger partial charge in [-0.25, -0.2) is 4.79 Å². The molecule has 3 atom stereocenters. The smallest absolute Gasteiger partial charge is 0.408 e. The average molecular weight is 490 g/mol. The van der Waals surface area contributed by atoms with Crippen LogP contribution in [-0.2, 0) is 20.7 Å². The Hall–Kier alpha value is -2.57. The second-order valence-corrected chi connectivity index (χ2v) is 10.3. The van der Waals surface area contributed by atoms with Gasteiger partial charge in [0.2, 0.25) is 11.8 Å². The van der Waals surface area contributed by atoms with Crippen molar-refractivity contribution in [3.63, 3.8) is 0 Å². The molecule has 3 unspecified atom stereocenters. The molecule has 0 aliphatic rings. The summed E-state index contributed by atoms with van der Waals surface area (Å²) in [6.45, 7) is 15.6. The number of ether oxygens (including phenoxy) is 1. The average Bonchev–Trinajstić information content (AvgIpc) is 2.77. The number of hydrogen-bond donors (Lipinski definition) is 2. The topological polar surface area (TPSA) is 87.7 Å². The zero-order valence-corrected chi connectivity index (χ0v) is 23.1. The Bertz CT molecular complexity index is 801. The van der Waals surface area contributed by atoms with Gasteiger partial charge >= 0.3 is 6.09 Å². The van der Waals surface area contributed by atoms with Crippen LogP contribution in [-0.4, -0.2) is 47.0 Å². The Morgan fingerprint density at radius 2 is 1.57 bits per heavy atom. The predicted molar refractivity (Wildman–Crippen MR) is 141 cm³/mol. The molecule has 0 saturated heterocycles. The van der Waals surface area contributed by atoms with Gasteiger partial charge in [-0.1, -0.05) is 64.3 Å².